The summed E-state index contributed by atoms with van der Waals surface area (Å²) in [5.74, 6) is 0.254. The van der Waals surface area contributed by atoms with E-state index in [1.165, 1.54) is 0 Å². The number of rotatable bonds is 8. The Balaban J connectivity index is 1.67. The largest absolute Gasteiger partial charge is 0.483 e. The molecule has 0 aliphatic heterocycles. The fourth-order valence-electron chi connectivity index (χ4n) is 2.70. The maximum atomic E-state index is 12.2. The molecule has 0 heterocycles. The minimum Gasteiger partial charge on any atom is -0.483 e. The van der Waals surface area contributed by atoms with Crippen LogP contribution in [-0.2, 0) is 4.79 Å². The van der Waals surface area contributed by atoms with Gasteiger partial charge in [0.25, 0.3) is 5.91 Å². The number of nitrogens with one attached hydrogen (secondary N) is 1. The monoisotopic (exact) mass is 430 g/mol. The van der Waals surface area contributed by atoms with Gasteiger partial charge in [0.2, 0.25) is 0 Å². The Morgan fingerprint density at radius 1 is 0.935 bits per heavy atom. The number of hydrazone groups is 1. The lowest BCUT2D eigenvalue weighted by Gasteiger charge is -2.08. The third-order valence-electron chi connectivity index (χ3n) is 4.30. The Hall–Kier alpha value is -3.63. The van der Waals surface area contributed by atoms with Gasteiger partial charge in [0.1, 0.15) is 5.75 Å². The average molecular weight is 431 g/mol. The lowest BCUT2D eigenvalue weighted by Crippen LogP contribution is -2.25. The lowest BCUT2D eigenvalue weighted by molar-refractivity contribution is -0.123. The number of allylic oxidation sites excluding steroid dienone is 2. The Kier molecular flexibility index (Phi) is 8.21. The zero-order valence-electron chi connectivity index (χ0n) is 17.2. The van der Waals surface area contributed by atoms with Crippen LogP contribution in [0, 0.1) is 6.92 Å². The number of nitrogens with zero attached hydrogens (tertiary/aromatic N) is 1. The van der Waals surface area contributed by atoms with Crippen molar-refractivity contribution in [2.75, 3.05) is 6.61 Å². The zero-order chi connectivity index (χ0) is 21.9. The summed E-state index contributed by atoms with van der Waals surface area (Å²) in [6.07, 6.45) is 7.57. The van der Waals surface area contributed by atoms with Crippen molar-refractivity contribution in [3.63, 3.8) is 0 Å². The molecule has 3 aromatic rings. The van der Waals surface area contributed by atoms with Gasteiger partial charge < -0.3 is 4.74 Å². The molecule has 156 valence electrons. The van der Waals surface area contributed by atoms with Gasteiger partial charge in [-0.1, -0.05) is 84.4 Å². The van der Waals surface area contributed by atoms with Crippen LogP contribution in [0.4, 0.5) is 0 Å². The first kappa shape index (κ1) is 22.1. The van der Waals surface area contributed by atoms with Crippen molar-refractivity contribution >= 4 is 35.4 Å². The van der Waals surface area contributed by atoms with E-state index in [4.69, 9.17) is 16.3 Å². The van der Waals surface area contributed by atoms with E-state index in [2.05, 4.69) is 10.5 Å². The van der Waals surface area contributed by atoms with Gasteiger partial charge in [-0.25, -0.2) is 5.43 Å². The van der Waals surface area contributed by atoms with E-state index >= 15 is 0 Å². The summed E-state index contributed by atoms with van der Waals surface area (Å²) in [5, 5.41) is 4.87. The Labute approximate surface area is 187 Å². The van der Waals surface area contributed by atoms with Gasteiger partial charge in [0.15, 0.2) is 6.61 Å². The van der Waals surface area contributed by atoms with Crippen molar-refractivity contribution in [2.45, 2.75) is 6.92 Å². The molecule has 31 heavy (non-hydrogen) atoms. The van der Waals surface area contributed by atoms with E-state index in [1.807, 2.05) is 91.9 Å². The topological polar surface area (TPSA) is 50.7 Å². The molecule has 0 aliphatic carbocycles. The van der Waals surface area contributed by atoms with Crippen molar-refractivity contribution < 1.29 is 9.53 Å². The van der Waals surface area contributed by atoms with Gasteiger partial charge in [0, 0.05) is 5.02 Å². The number of benzene rings is 3. The molecular formula is C26H23ClN2O2. The molecule has 3 rings (SSSR count). The second-order valence-corrected chi connectivity index (χ2v) is 7.19. The summed E-state index contributed by atoms with van der Waals surface area (Å²) in [6.45, 7) is 1.72. The molecule has 0 spiro atoms. The van der Waals surface area contributed by atoms with Crippen molar-refractivity contribution in [3.05, 3.63) is 113 Å². The summed E-state index contributed by atoms with van der Waals surface area (Å²) >= 11 is 5.95. The van der Waals surface area contributed by atoms with Crippen molar-refractivity contribution in [1.29, 1.82) is 0 Å². The highest BCUT2D eigenvalue weighted by atomic mass is 35.5. The first-order valence-electron chi connectivity index (χ1n) is 9.82. The minimum absolute atomic E-state index is 0.149. The average Bonchev–Trinajstić information content (AvgIpc) is 2.79. The second-order valence-electron chi connectivity index (χ2n) is 6.76. The SMILES string of the molecule is Cc1cc(Cl)ccc1OCC(=O)NN=C(C=Cc1ccccc1)C=Cc1ccccc1. The van der Waals surface area contributed by atoms with Crippen LogP contribution >= 0.6 is 11.6 Å². The van der Waals surface area contributed by atoms with Crippen LogP contribution in [0.25, 0.3) is 12.2 Å². The van der Waals surface area contributed by atoms with Crippen LogP contribution in [0.5, 0.6) is 5.75 Å². The number of ether oxygens (including phenoxy) is 1. The van der Waals surface area contributed by atoms with Gasteiger partial charge in [-0.3, -0.25) is 4.79 Å². The first-order valence-corrected chi connectivity index (χ1v) is 10.2. The minimum atomic E-state index is -0.354. The van der Waals surface area contributed by atoms with E-state index in [0.29, 0.717) is 16.5 Å². The van der Waals surface area contributed by atoms with E-state index in [-0.39, 0.29) is 12.5 Å². The highest BCUT2D eigenvalue weighted by Crippen LogP contribution is 2.21. The summed E-state index contributed by atoms with van der Waals surface area (Å²) in [7, 11) is 0. The van der Waals surface area contributed by atoms with E-state index < -0.39 is 0 Å². The number of carbonyl (C=O) groups is 1. The highest BCUT2D eigenvalue weighted by Gasteiger charge is 2.05. The smallest absolute Gasteiger partial charge is 0.277 e. The fraction of sp³-hybridized carbons (Fsp3) is 0.0769. The van der Waals surface area contributed by atoms with Crippen LogP contribution in [0.2, 0.25) is 5.02 Å². The standard InChI is InChI=1S/C26H23ClN2O2/c1-20-18-23(27)14-17-25(20)31-19-26(30)29-28-24(15-12-21-8-4-2-5-9-21)16-13-22-10-6-3-7-11-22/h2-18H,19H2,1H3,(H,29,30). The van der Waals surface area contributed by atoms with Crippen LogP contribution in [0.1, 0.15) is 16.7 Å². The molecule has 3 aromatic carbocycles. The summed E-state index contributed by atoms with van der Waals surface area (Å²) in [4.78, 5) is 12.2. The normalized spacial score (nSPS) is 10.9. The summed E-state index contributed by atoms with van der Waals surface area (Å²) in [5.41, 5.74) is 6.09. The van der Waals surface area contributed by atoms with Gasteiger partial charge in [0.05, 0.1) is 5.71 Å². The predicted octanol–water partition coefficient (Wildman–Crippen LogP) is 5.93. The Morgan fingerprint density at radius 3 is 2.06 bits per heavy atom. The highest BCUT2D eigenvalue weighted by molar-refractivity contribution is 6.30. The molecule has 0 fully saturated rings. The molecule has 5 heteroatoms. The predicted molar refractivity (Wildman–Crippen MR) is 128 cm³/mol. The zero-order valence-corrected chi connectivity index (χ0v) is 17.9. The molecule has 4 nitrogen and oxygen atoms in total. The molecular weight excluding hydrogens is 408 g/mol. The Morgan fingerprint density at radius 2 is 1.52 bits per heavy atom. The van der Waals surface area contributed by atoms with E-state index in [9.17, 15) is 4.79 Å². The van der Waals surface area contributed by atoms with Crippen LogP contribution in [0.3, 0.4) is 0 Å². The van der Waals surface area contributed by atoms with E-state index in [1.54, 1.807) is 18.2 Å². The molecule has 0 aromatic heterocycles. The summed E-state index contributed by atoms with van der Waals surface area (Å²) < 4.78 is 5.57. The van der Waals surface area contributed by atoms with Gasteiger partial charge in [-0.2, -0.15) is 5.10 Å². The molecule has 0 bridgehead atoms. The molecule has 0 radical (unpaired) electrons. The number of amides is 1. The third kappa shape index (κ3) is 7.61. The molecule has 1 N–H and O–H groups in total. The number of hydrogen-bond acceptors (Lipinski definition) is 3. The van der Waals surface area contributed by atoms with Crippen molar-refractivity contribution in [2.24, 2.45) is 5.10 Å². The molecule has 0 aliphatic rings. The van der Waals surface area contributed by atoms with Gasteiger partial charge >= 0.3 is 0 Å². The van der Waals surface area contributed by atoms with Crippen LogP contribution < -0.4 is 10.2 Å². The quantitative estimate of drug-likeness (QED) is 0.356. The molecule has 0 saturated carbocycles. The second kappa shape index (κ2) is 11.5. The molecule has 1 amide bonds. The number of hydrogen-bond donors (Lipinski definition) is 1. The molecule has 0 saturated heterocycles. The number of carbonyl (C=O) groups excluding carboxylic acids is 1. The fourth-order valence-corrected chi connectivity index (χ4v) is 2.93. The van der Waals surface area contributed by atoms with Crippen molar-refractivity contribution in [3.8, 4) is 5.75 Å². The van der Waals surface area contributed by atoms with Gasteiger partial charge in [-0.05, 0) is 54.0 Å². The lowest BCUT2D eigenvalue weighted by atomic mass is 10.1. The first-order chi connectivity index (χ1) is 15.1. The van der Waals surface area contributed by atoms with Crippen LogP contribution in [0.15, 0.2) is 96.1 Å². The summed E-state index contributed by atoms with van der Waals surface area (Å²) in [6, 6.07) is 25.0. The number of aryl methyl sites for hydroxylation is 1. The third-order valence-corrected chi connectivity index (χ3v) is 4.53. The molecule has 0 unspecified atom stereocenters. The van der Waals surface area contributed by atoms with Gasteiger partial charge in [-0.15, -0.1) is 0 Å². The van der Waals surface area contributed by atoms with E-state index in [0.717, 1.165) is 16.7 Å². The maximum Gasteiger partial charge on any atom is 0.277 e. The molecule has 0 atom stereocenters. The number of halogens is 1. The maximum absolute atomic E-state index is 12.2. The van der Waals surface area contributed by atoms with Crippen LogP contribution in [-0.4, -0.2) is 18.2 Å². The Bertz CT molecular complexity index is 1040. The van der Waals surface area contributed by atoms with Crippen molar-refractivity contribution in [1.82, 2.24) is 5.43 Å².